The first-order valence-electron chi connectivity index (χ1n) is 7.40. The fourth-order valence-electron chi connectivity index (χ4n) is 3.09. The van der Waals surface area contributed by atoms with Crippen LogP contribution >= 0.6 is 0 Å². The van der Waals surface area contributed by atoms with E-state index < -0.39 is 5.41 Å². The van der Waals surface area contributed by atoms with E-state index in [1.165, 1.54) is 7.11 Å². The summed E-state index contributed by atoms with van der Waals surface area (Å²) in [6.45, 7) is 1.94. The molecule has 2 aromatic rings. The van der Waals surface area contributed by atoms with E-state index in [2.05, 4.69) is 0 Å². The Morgan fingerprint density at radius 2 is 1.68 bits per heavy atom. The summed E-state index contributed by atoms with van der Waals surface area (Å²) in [5.41, 5.74) is 2.40. The molecule has 2 unspecified atom stereocenters. The lowest BCUT2D eigenvalue weighted by Crippen LogP contribution is -2.32. The Bertz CT molecular complexity index is 694. The summed E-state index contributed by atoms with van der Waals surface area (Å²) < 4.78 is 5.06. The predicted octanol–water partition coefficient (Wildman–Crippen LogP) is 3.80. The molecule has 0 spiro atoms. The van der Waals surface area contributed by atoms with Gasteiger partial charge in [0.1, 0.15) is 0 Å². The van der Waals surface area contributed by atoms with Crippen LogP contribution in [0.3, 0.4) is 0 Å². The third kappa shape index (κ3) is 2.43. The maximum atomic E-state index is 12.4. The van der Waals surface area contributed by atoms with Crippen molar-refractivity contribution in [3.63, 3.8) is 0 Å². The van der Waals surface area contributed by atoms with Crippen LogP contribution in [0.1, 0.15) is 30.5 Å². The highest BCUT2D eigenvalue weighted by Crippen LogP contribution is 2.47. The predicted molar refractivity (Wildman–Crippen MR) is 86.9 cm³/mol. The second kappa shape index (κ2) is 5.76. The van der Waals surface area contributed by atoms with E-state index in [9.17, 15) is 4.79 Å². The highest BCUT2D eigenvalue weighted by molar-refractivity contribution is 6.05. The van der Waals surface area contributed by atoms with Gasteiger partial charge in [-0.25, -0.2) is 0 Å². The molecule has 1 heterocycles. The van der Waals surface area contributed by atoms with Gasteiger partial charge in [-0.2, -0.15) is 0 Å². The number of hydrogen-bond acceptors (Lipinski definition) is 3. The fraction of sp³-hybridized carbons (Fsp3) is 0.263. The van der Waals surface area contributed by atoms with Gasteiger partial charge in [0.25, 0.3) is 0 Å². The summed E-state index contributed by atoms with van der Waals surface area (Å²) in [4.78, 5) is 17.3. The molecule has 112 valence electrons. The van der Waals surface area contributed by atoms with Gasteiger partial charge in [-0.1, -0.05) is 60.7 Å². The number of benzene rings is 2. The Kier molecular flexibility index (Phi) is 3.80. The van der Waals surface area contributed by atoms with E-state index in [4.69, 9.17) is 9.73 Å². The summed E-state index contributed by atoms with van der Waals surface area (Å²) in [5.74, 6) is -0.212. The second-order valence-electron chi connectivity index (χ2n) is 5.84. The number of aliphatic imine (C=N–C) groups is 1. The fourth-order valence-corrected chi connectivity index (χ4v) is 3.09. The van der Waals surface area contributed by atoms with E-state index in [-0.39, 0.29) is 12.0 Å². The van der Waals surface area contributed by atoms with Crippen LogP contribution in [-0.4, -0.2) is 18.8 Å². The van der Waals surface area contributed by atoms with Crippen LogP contribution in [0.15, 0.2) is 65.7 Å². The Morgan fingerprint density at radius 3 is 2.27 bits per heavy atom. The van der Waals surface area contributed by atoms with Gasteiger partial charge in [0.05, 0.1) is 18.6 Å². The first kappa shape index (κ1) is 14.5. The van der Waals surface area contributed by atoms with Crippen molar-refractivity contribution >= 4 is 11.7 Å². The monoisotopic (exact) mass is 293 g/mol. The third-order valence-electron chi connectivity index (χ3n) is 4.30. The van der Waals surface area contributed by atoms with Gasteiger partial charge in [-0.15, -0.1) is 0 Å². The lowest BCUT2D eigenvalue weighted by molar-refractivity contribution is -0.152. The molecule has 0 aromatic heterocycles. The SMILES string of the molecule is COC(=O)C1(C)CC(c2ccccc2)=NC1c1ccccc1. The molecule has 3 heteroatoms. The molecule has 2 aromatic carbocycles. The maximum Gasteiger partial charge on any atom is 0.314 e. The summed E-state index contributed by atoms with van der Waals surface area (Å²) >= 11 is 0. The lowest BCUT2D eigenvalue weighted by Gasteiger charge is -2.27. The first-order chi connectivity index (χ1) is 10.6. The minimum Gasteiger partial charge on any atom is -0.469 e. The summed E-state index contributed by atoms with van der Waals surface area (Å²) in [7, 11) is 1.44. The highest BCUT2D eigenvalue weighted by Gasteiger charge is 2.48. The molecule has 3 nitrogen and oxygen atoms in total. The van der Waals surface area contributed by atoms with Crippen LogP contribution in [0.5, 0.6) is 0 Å². The molecule has 2 atom stereocenters. The van der Waals surface area contributed by atoms with Crippen LogP contribution in [0.2, 0.25) is 0 Å². The molecule has 0 fully saturated rings. The third-order valence-corrected chi connectivity index (χ3v) is 4.30. The van der Waals surface area contributed by atoms with Gasteiger partial charge in [0.2, 0.25) is 0 Å². The van der Waals surface area contributed by atoms with Crippen molar-refractivity contribution in [2.45, 2.75) is 19.4 Å². The second-order valence-corrected chi connectivity index (χ2v) is 5.84. The molecule has 1 aliphatic heterocycles. The van der Waals surface area contributed by atoms with E-state index in [0.717, 1.165) is 16.8 Å². The largest absolute Gasteiger partial charge is 0.469 e. The molecular weight excluding hydrogens is 274 g/mol. The number of methoxy groups -OCH3 is 1. The van der Waals surface area contributed by atoms with Crippen molar-refractivity contribution < 1.29 is 9.53 Å². The van der Waals surface area contributed by atoms with Gasteiger partial charge < -0.3 is 4.74 Å². The summed E-state index contributed by atoms with van der Waals surface area (Å²) in [6.07, 6.45) is 0.587. The number of esters is 1. The van der Waals surface area contributed by atoms with Gasteiger partial charge >= 0.3 is 5.97 Å². The van der Waals surface area contributed by atoms with Crippen molar-refractivity contribution in [1.82, 2.24) is 0 Å². The molecule has 0 radical (unpaired) electrons. The van der Waals surface area contributed by atoms with Crippen LogP contribution in [0.4, 0.5) is 0 Å². The van der Waals surface area contributed by atoms with E-state index in [1.54, 1.807) is 0 Å². The van der Waals surface area contributed by atoms with Gasteiger partial charge in [-0.05, 0) is 18.1 Å². The van der Waals surface area contributed by atoms with Gasteiger partial charge in [0, 0.05) is 12.1 Å². The number of ether oxygens (including phenoxy) is 1. The molecule has 0 N–H and O–H groups in total. The quantitative estimate of drug-likeness (QED) is 0.807. The molecule has 0 aliphatic carbocycles. The molecule has 0 saturated carbocycles. The Balaban J connectivity index is 2.05. The standard InChI is InChI=1S/C19H19NO2/c1-19(18(21)22-2)13-16(14-9-5-3-6-10-14)20-17(19)15-11-7-4-8-12-15/h3-12,17H,13H2,1-2H3. The van der Waals surface area contributed by atoms with Crippen LogP contribution < -0.4 is 0 Å². The minimum absolute atomic E-state index is 0.212. The summed E-state index contributed by atoms with van der Waals surface area (Å²) in [5, 5.41) is 0. The number of rotatable bonds is 3. The minimum atomic E-state index is -0.665. The number of hydrogen-bond donors (Lipinski definition) is 0. The number of carbonyl (C=O) groups is 1. The topological polar surface area (TPSA) is 38.7 Å². The number of carbonyl (C=O) groups excluding carboxylic acids is 1. The Hall–Kier alpha value is -2.42. The van der Waals surface area contributed by atoms with Crippen LogP contribution in [0.25, 0.3) is 0 Å². The molecular formula is C19H19NO2. The van der Waals surface area contributed by atoms with Crippen molar-refractivity contribution in [3.8, 4) is 0 Å². The van der Waals surface area contributed by atoms with Gasteiger partial charge in [0.15, 0.2) is 0 Å². The van der Waals surface area contributed by atoms with Crippen LogP contribution in [0, 0.1) is 5.41 Å². The zero-order chi connectivity index (χ0) is 15.6. The Morgan fingerprint density at radius 1 is 1.09 bits per heavy atom. The summed E-state index contributed by atoms with van der Waals surface area (Å²) in [6, 6.07) is 19.8. The molecule has 0 saturated heterocycles. The molecule has 1 aliphatic rings. The zero-order valence-corrected chi connectivity index (χ0v) is 12.8. The van der Waals surface area contributed by atoms with Crippen molar-refractivity contribution in [3.05, 3.63) is 71.8 Å². The molecule has 0 amide bonds. The molecule has 0 bridgehead atoms. The molecule has 22 heavy (non-hydrogen) atoms. The highest BCUT2D eigenvalue weighted by atomic mass is 16.5. The van der Waals surface area contributed by atoms with Crippen molar-refractivity contribution in [2.75, 3.05) is 7.11 Å². The normalized spacial score (nSPS) is 23.9. The van der Waals surface area contributed by atoms with Crippen molar-refractivity contribution in [2.24, 2.45) is 10.4 Å². The van der Waals surface area contributed by atoms with Gasteiger partial charge in [-0.3, -0.25) is 9.79 Å². The Labute approximate surface area is 130 Å². The molecule has 3 rings (SSSR count). The lowest BCUT2D eigenvalue weighted by atomic mass is 9.77. The number of nitrogens with zero attached hydrogens (tertiary/aromatic N) is 1. The average Bonchev–Trinajstić information content (AvgIpc) is 2.95. The van der Waals surface area contributed by atoms with E-state index in [0.29, 0.717) is 6.42 Å². The van der Waals surface area contributed by atoms with E-state index >= 15 is 0 Å². The van der Waals surface area contributed by atoms with Crippen LogP contribution in [-0.2, 0) is 9.53 Å². The maximum absolute atomic E-state index is 12.4. The van der Waals surface area contributed by atoms with E-state index in [1.807, 2.05) is 67.6 Å². The first-order valence-corrected chi connectivity index (χ1v) is 7.40. The zero-order valence-electron chi connectivity index (χ0n) is 12.8. The smallest absolute Gasteiger partial charge is 0.314 e. The van der Waals surface area contributed by atoms with Crippen molar-refractivity contribution in [1.29, 1.82) is 0 Å². The average molecular weight is 293 g/mol.